The van der Waals surface area contributed by atoms with Gasteiger partial charge in [-0.2, -0.15) is 4.31 Å². The van der Waals surface area contributed by atoms with Crippen molar-refractivity contribution in [3.05, 3.63) is 28.8 Å². The molecule has 0 heterocycles. The maximum absolute atomic E-state index is 12.0. The van der Waals surface area contributed by atoms with Crippen LogP contribution in [0.4, 0.5) is 0 Å². The Morgan fingerprint density at radius 2 is 2.12 bits per heavy atom. The van der Waals surface area contributed by atoms with Crippen molar-refractivity contribution in [3.8, 4) is 12.3 Å². The van der Waals surface area contributed by atoms with Crippen molar-refractivity contribution in [1.82, 2.24) is 4.31 Å². The van der Waals surface area contributed by atoms with Crippen molar-refractivity contribution in [1.29, 1.82) is 0 Å². The second-order valence-electron chi connectivity index (χ2n) is 3.40. The van der Waals surface area contributed by atoms with Crippen LogP contribution >= 0.6 is 11.6 Å². The Bertz CT molecular complexity index is 531. The molecule has 86 valence electrons. The highest BCUT2D eigenvalue weighted by atomic mass is 35.5. The van der Waals surface area contributed by atoms with Crippen LogP contribution in [0.15, 0.2) is 23.1 Å². The van der Waals surface area contributed by atoms with E-state index in [-0.39, 0.29) is 16.5 Å². The monoisotopic (exact) mass is 257 g/mol. The third-order valence-corrected chi connectivity index (χ3v) is 4.37. The second-order valence-corrected chi connectivity index (χ2v) is 5.82. The van der Waals surface area contributed by atoms with Crippen molar-refractivity contribution in [3.63, 3.8) is 0 Å². The third kappa shape index (κ3) is 2.56. The molecule has 0 unspecified atom stereocenters. The smallest absolute Gasteiger partial charge is 0.207 e. The molecule has 16 heavy (non-hydrogen) atoms. The maximum atomic E-state index is 12.0. The number of nitrogens with zero attached hydrogens (tertiary/aromatic N) is 1. The van der Waals surface area contributed by atoms with Crippen molar-refractivity contribution in [2.75, 3.05) is 13.6 Å². The maximum Gasteiger partial charge on any atom is 0.245 e. The topological polar surface area (TPSA) is 37.4 Å². The molecule has 0 aromatic heterocycles. The molecule has 0 radical (unpaired) electrons. The number of aryl methyl sites for hydroxylation is 1. The van der Waals surface area contributed by atoms with Crippen LogP contribution in [-0.4, -0.2) is 26.3 Å². The predicted octanol–water partition coefficient (Wildman–Crippen LogP) is 1.90. The molecule has 0 saturated carbocycles. The van der Waals surface area contributed by atoms with E-state index in [1.54, 1.807) is 19.1 Å². The van der Waals surface area contributed by atoms with Crippen LogP contribution in [0.3, 0.4) is 0 Å². The van der Waals surface area contributed by atoms with E-state index >= 15 is 0 Å². The summed E-state index contributed by atoms with van der Waals surface area (Å²) in [4.78, 5) is 0.0897. The number of halogens is 1. The lowest BCUT2D eigenvalue weighted by Crippen LogP contribution is -2.27. The molecule has 0 spiro atoms. The van der Waals surface area contributed by atoms with Crippen LogP contribution in [0.2, 0.25) is 5.02 Å². The van der Waals surface area contributed by atoms with Crippen LogP contribution in [0, 0.1) is 19.3 Å². The Balaban J connectivity index is 3.28. The summed E-state index contributed by atoms with van der Waals surface area (Å²) in [6, 6.07) is 4.85. The van der Waals surface area contributed by atoms with E-state index in [0.717, 1.165) is 9.87 Å². The highest BCUT2D eigenvalue weighted by Gasteiger charge is 2.22. The Hall–Kier alpha value is -1.02. The van der Waals surface area contributed by atoms with E-state index in [9.17, 15) is 8.42 Å². The Labute approximate surface area is 101 Å². The van der Waals surface area contributed by atoms with Gasteiger partial charge in [0.1, 0.15) is 4.90 Å². The van der Waals surface area contributed by atoms with E-state index in [0.29, 0.717) is 0 Å². The standard InChI is InChI=1S/C11H12ClNO2S/c1-4-7-13(3)16(14,15)11-8-9(2)5-6-10(11)12/h1,5-6,8H,7H2,2-3H3. The van der Waals surface area contributed by atoms with E-state index in [1.165, 1.54) is 13.1 Å². The fourth-order valence-corrected chi connectivity index (χ4v) is 2.83. The molecule has 0 N–H and O–H groups in total. The van der Waals surface area contributed by atoms with Gasteiger partial charge < -0.3 is 0 Å². The molecule has 0 aliphatic carbocycles. The quantitative estimate of drug-likeness (QED) is 0.776. The average molecular weight is 258 g/mol. The SMILES string of the molecule is C#CCN(C)S(=O)(=O)c1cc(C)ccc1Cl. The van der Waals surface area contributed by atoms with Gasteiger partial charge in [-0.25, -0.2) is 8.42 Å². The first-order valence-corrected chi connectivity index (χ1v) is 6.37. The molecule has 1 rings (SSSR count). The molecule has 3 nitrogen and oxygen atoms in total. The van der Waals surface area contributed by atoms with Crippen molar-refractivity contribution in [2.45, 2.75) is 11.8 Å². The summed E-state index contributed by atoms with van der Waals surface area (Å²) in [5, 5.41) is 0.203. The Kier molecular flexibility index (Phi) is 3.98. The molecule has 1 aromatic rings. The normalized spacial score (nSPS) is 11.4. The van der Waals surface area contributed by atoms with Gasteiger partial charge in [-0.1, -0.05) is 23.6 Å². The lowest BCUT2D eigenvalue weighted by Gasteiger charge is -2.15. The molecule has 5 heteroatoms. The minimum Gasteiger partial charge on any atom is -0.207 e. The van der Waals surface area contributed by atoms with Gasteiger partial charge in [0.2, 0.25) is 10.0 Å². The van der Waals surface area contributed by atoms with Crippen LogP contribution in [0.25, 0.3) is 0 Å². The van der Waals surface area contributed by atoms with Crippen molar-refractivity contribution < 1.29 is 8.42 Å². The summed E-state index contributed by atoms with van der Waals surface area (Å²) < 4.78 is 25.2. The van der Waals surface area contributed by atoms with Gasteiger partial charge in [-0.3, -0.25) is 0 Å². The minimum atomic E-state index is -3.60. The van der Waals surface area contributed by atoms with Crippen LogP contribution in [0.1, 0.15) is 5.56 Å². The molecular weight excluding hydrogens is 246 g/mol. The van der Waals surface area contributed by atoms with Crippen molar-refractivity contribution in [2.24, 2.45) is 0 Å². The summed E-state index contributed by atoms with van der Waals surface area (Å²) in [5.74, 6) is 2.28. The largest absolute Gasteiger partial charge is 0.245 e. The fourth-order valence-electron chi connectivity index (χ4n) is 1.19. The van der Waals surface area contributed by atoms with Gasteiger partial charge in [0.25, 0.3) is 0 Å². The van der Waals surface area contributed by atoms with E-state index < -0.39 is 10.0 Å². The lowest BCUT2D eigenvalue weighted by molar-refractivity contribution is 0.503. The third-order valence-electron chi connectivity index (χ3n) is 2.09. The minimum absolute atomic E-state index is 0.0204. The first-order valence-electron chi connectivity index (χ1n) is 4.55. The zero-order valence-electron chi connectivity index (χ0n) is 9.07. The molecule has 0 saturated heterocycles. The first kappa shape index (κ1) is 13.0. The molecule has 0 amide bonds. The highest BCUT2D eigenvalue weighted by Crippen LogP contribution is 2.24. The Morgan fingerprint density at radius 3 is 2.69 bits per heavy atom. The van der Waals surface area contributed by atoms with Crippen molar-refractivity contribution >= 4 is 21.6 Å². The van der Waals surface area contributed by atoms with E-state index in [2.05, 4.69) is 5.92 Å². The molecule has 0 bridgehead atoms. The number of hydrogen-bond donors (Lipinski definition) is 0. The first-order chi connectivity index (χ1) is 7.39. The fraction of sp³-hybridized carbons (Fsp3) is 0.273. The van der Waals surface area contributed by atoms with Gasteiger partial charge >= 0.3 is 0 Å². The second kappa shape index (κ2) is 4.88. The number of rotatable bonds is 3. The van der Waals surface area contributed by atoms with Crippen LogP contribution in [0.5, 0.6) is 0 Å². The predicted molar refractivity (Wildman–Crippen MR) is 64.8 cm³/mol. The molecule has 1 aromatic carbocycles. The van der Waals surface area contributed by atoms with Gasteiger partial charge in [0.15, 0.2) is 0 Å². The van der Waals surface area contributed by atoms with E-state index in [4.69, 9.17) is 18.0 Å². The van der Waals surface area contributed by atoms with Gasteiger partial charge in [0, 0.05) is 7.05 Å². The summed E-state index contributed by atoms with van der Waals surface area (Å²) in [6.45, 7) is 1.82. The molecule has 0 atom stereocenters. The highest BCUT2D eigenvalue weighted by molar-refractivity contribution is 7.89. The summed E-state index contributed by atoms with van der Waals surface area (Å²) in [7, 11) is -2.17. The number of benzene rings is 1. The molecule has 0 aliphatic heterocycles. The molecular formula is C11H12ClNO2S. The van der Waals surface area contributed by atoms with Crippen LogP contribution in [-0.2, 0) is 10.0 Å². The zero-order valence-corrected chi connectivity index (χ0v) is 10.6. The summed E-state index contributed by atoms with van der Waals surface area (Å²) in [5.41, 5.74) is 0.831. The number of terminal acetylenes is 1. The zero-order chi connectivity index (χ0) is 12.3. The summed E-state index contributed by atoms with van der Waals surface area (Å²) >= 11 is 5.87. The van der Waals surface area contributed by atoms with Gasteiger partial charge in [0.05, 0.1) is 11.6 Å². The number of hydrogen-bond acceptors (Lipinski definition) is 2. The van der Waals surface area contributed by atoms with E-state index in [1.807, 2.05) is 0 Å². The van der Waals surface area contributed by atoms with Crippen LogP contribution < -0.4 is 0 Å². The lowest BCUT2D eigenvalue weighted by atomic mass is 10.2. The average Bonchev–Trinajstić information content (AvgIpc) is 2.22. The summed E-state index contributed by atoms with van der Waals surface area (Å²) in [6.07, 6.45) is 5.08. The molecule has 0 fully saturated rings. The molecule has 0 aliphatic rings. The van der Waals surface area contributed by atoms with Gasteiger partial charge in [-0.15, -0.1) is 6.42 Å². The Morgan fingerprint density at radius 1 is 1.50 bits per heavy atom. The number of sulfonamides is 1. The van der Waals surface area contributed by atoms with Gasteiger partial charge in [-0.05, 0) is 24.6 Å².